The van der Waals surface area contributed by atoms with E-state index in [0.717, 1.165) is 0 Å². The quantitative estimate of drug-likeness (QED) is 0.295. The molecule has 0 fully saturated rings. The highest BCUT2D eigenvalue weighted by Gasteiger charge is 2.17. The van der Waals surface area contributed by atoms with Gasteiger partial charge >= 0.3 is 0 Å². The fourth-order valence-electron chi connectivity index (χ4n) is 2.73. The van der Waals surface area contributed by atoms with Crippen LogP contribution in [0.4, 0.5) is 22.7 Å². The number of azo groups is 1. The van der Waals surface area contributed by atoms with Crippen molar-refractivity contribution in [3.05, 3.63) is 47.5 Å². The molecular formula is C18H20N4O5S. The van der Waals surface area contributed by atoms with Crippen molar-refractivity contribution in [2.24, 2.45) is 10.2 Å². The molecule has 0 radical (unpaired) electrons. The fourth-order valence-corrected chi connectivity index (χ4v) is 3.44. The van der Waals surface area contributed by atoms with E-state index in [4.69, 9.17) is 11.5 Å². The van der Waals surface area contributed by atoms with Crippen LogP contribution >= 0.6 is 0 Å². The largest absolute Gasteiger partial charge is 0.505 e. The zero-order chi connectivity index (χ0) is 19.9. The number of hydrogen-bond acceptors (Lipinski definition) is 7. The Bertz CT molecular complexity index is 1210. The van der Waals surface area contributed by atoms with Gasteiger partial charge < -0.3 is 22.1 Å². The average molecular weight is 404 g/mol. The molecule has 0 amide bonds. The van der Waals surface area contributed by atoms with Crippen molar-refractivity contribution in [3.8, 4) is 5.75 Å². The van der Waals surface area contributed by atoms with E-state index < -0.39 is 10.1 Å². The number of benzene rings is 3. The highest BCUT2D eigenvalue weighted by atomic mass is 32.2. The maximum atomic E-state index is 11.6. The summed E-state index contributed by atoms with van der Waals surface area (Å²) in [5.41, 5.74) is 13.7. The number of nitrogen functional groups attached to an aromatic ring is 2. The number of fused-ring (bicyclic) bond motifs is 1. The Morgan fingerprint density at radius 2 is 1.61 bits per heavy atom. The molecule has 10 heteroatoms. The summed E-state index contributed by atoms with van der Waals surface area (Å²) in [5.74, 6) is -0.152. The van der Waals surface area contributed by atoms with Gasteiger partial charge in [-0.05, 0) is 60.7 Å². The van der Waals surface area contributed by atoms with E-state index in [1.807, 2.05) is 0 Å². The standard InChI is InChI=1S/C18H18N4O4S.H2O/c1-9-3-4-15(16(5-9)27(24,25)26)21-22-17-10(2)6-11-7-13(19)14(20)8-12(11)18(17)23;/h3-8,23H,19-20H2,1-2H3,(H,24,25,26);1H2. The normalized spacial score (nSPS) is 11.7. The number of aryl methyl sites for hydroxylation is 2. The van der Waals surface area contributed by atoms with Crippen molar-refractivity contribution in [3.63, 3.8) is 0 Å². The molecule has 0 aliphatic rings. The minimum Gasteiger partial charge on any atom is -0.505 e. The van der Waals surface area contributed by atoms with E-state index >= 15 is 0 Å². The molecule has 3 aromatic rings. The first kappa shape index (κ1) is 21.1. The van der Waals surface area contributed by atoms with Gasteiger partial charge in [-0.15, -0.1) is 10.2 Å². The summed E-state index contributed by atoms with van der Waals surface area (Å²) in [6.45, 7) is 3.41. The third kappa shape index (κ3) is 3.88. The van der Waals surface area contributed by atoms with Crippen LogP contribution in [-0.2, 0) is 10.1 Å². The van der Waals surface area contributed by atoms with E-state index in [1.54, 1.807) is 32.0 Å². The van der Waals surface area contributed by atoms with E-state index in [1.165, 1.54) is 18.2 Å². The Labute approximate surface area is 161 Å². The van der Waals surface area contributed by atoms with Crippen LogP contribution in [0.3, 0.4) is 0 Å². The second-order valence-electron chi connectivity index (χ2n) is 6.24. The SMILES string of the molecule is Cc1ccc(N=Nc2c(C)cc3cc(N)c(N)cc3c2O)c(S(=O)(=O)O)c1.O. The molecule has 0 heterocycles. The Hall–Kier alpha value is -3.21. The van der Waals surface area contributed by atoms with Crippen LogP contribution in [0, 0.1) is 13.8 Å². The third-order valence-electron chi connectivity index (χ3n) is 4.13. The van der Waals surface area contributed by atoms with E-state index in [2.05, 4.69) is 10.2 Å². The Balaban J connectivity index is 0.00000280. The smallest absolute Gasteiger partial charge is 0.296 e. The van der Waals surface area contributed by atoms with Crippen LogP contribution in [-0.4, -0.2) is 23.6 Å². The number of phenols is 1. The first-order valence-corrected chi connectivity index (χ1v) is 9.33. The zero-order valence-corrected chi connectivity index (χ0v) is 15.9. The van der Waals surface area contributed by atoms with Crippen molar-refractivity contribution >= 4 is 43.6 Å². The van der Waals surface area contributed by atoms with Crippen LogP contribution in [0.5, 0.6) is 5.75 Å². The van der Waals surface area contributed by atoms with Gasteiger partial charge in [-0.2, -0.15) is 8.42 Å². The van der Waals surface area contributed by atoms with Crippen LogP contribution < -0.4 is 11.5 Å². The van der Waals surface area contributed by atoms with Crippen LogP contribution in [0.2, 0.25) is 0 Å². The summed E-state index contributed by atoms with van der Waals surface area (Å²) in [4.78, 5) is -0.360. The number of nitrogens with zero attached hydrogens (tertiary/aromatic N) is 2. The lowest BCUT2D eigenvalue weighted by molar-refractivity contribution is 0.482. The van der Waals surface area contributed by atoms with Gasteiger partial charge in [0.25, 0.3) is 10.1 Å². The molecule has 0 saturated heterocycles. The van der Waals surface area contributed by atoms with Gasteiger partial charge in [-0.25, -0.2) is 0 Å². The second kappa shape index (κ2) is 7.43. The van der Waals surface area contributed by atoms with Gasteiger partial charge in [0.1, 0.15) is 16.3 Å². The van der Waals surface area contributed by atoms with Crippen molar-refractivity contribution in [1.82, 2.24) is 0 Å². The van der Waals surface area contributed by atoms with Gasteiger partial charge in [-0.3, -0.25) is 4.55 Å². The summed E-state index contributed by atoms with van der Waals surface area (Å²) in [6, 6.07) is 9.30. The number of anilines is 2. The lowest BCUT2D eigenvalue weighted by Crippen LogP contribution is -1.98. The van der Waals surface area contributed by atoms with Crippen molar-refractivity contribution in [2.75, 3.05) is 11.5 Å². The predicted octanol–water partition coefficient (Wildman–Crippen LogP) is 3.16. The molecule has 0 unspecified atom stereocenters. The van der Waals surface area contributed by atoms with Crippen molar-refractivity contribution in [1.29, 1.82) is 0 Å². The van der Waals surface area contributed by atoms with E-state index in [-0.39, 0.29) is 27.5 Å². The third-order valence-corrected chi connectivity index (χ3v) is 5.01. The summed E-state index contributed by atoms with van der Waals surface area (Å²) >= 11 is 0. The molecule has 148 valence electrons. The molecule has 0 aliphatic carbocycles. The highest BCUT2D eigenvalue weighted by molar-refractivity contribution is 7.86. The first-order chi connectivity index (χ1) is 12.6. The topological polar surface area (TPSA) is 183 Å². The number of hydrogen-bond donors (Lipinski definition) is 4. The Morgan fingerprint density at radius 3 is 2.25 bits per heavy atom. The van der Waals surface area contributed by atoms with E-state index in [9.17, 15) is 18.1 Å². The van der Waals surface area contributed by atoms with Crippen molar-refractivity contribution < 1.29 is 23.6 Å². The number of phenolic OH excluding ortho intramolecular Hbond substituents is 1. The molecule has 0 spiro atoms. The summed E-state index contributed by atoms with van der Waals surface area (Å²) in [5, 5.41) is 19.6. The monoisotopic (exact) mass is 404 g/mol. The predicted molar refractivity (Wildman–Crippen MR) is 108 cm³/mol. The van der Waals surface area contributed by atoms with Gasteiger partial charge in [0.2, 0.25) is 0 Å². The highest BCUT2D eigenvalue weighted by Crippen LogP contribution is 2.41. The summed E-state index contributed by atoms with van der Waals surface area (Å²) in [7, 11) is -4.47. The Morgan fingerprint density at radius 1 is 0.964 bits per heavy atom. The van der Waals surface area contributed by atoms with E-state index in [0.29, 0.717) is 33.3 Å². The molecule has 28 heavy (non-hydrogen) atoms. The molecular weight excluding hydrogens is 384 g/mol. The van der Waals surface area contributed by atoms with Gasteiger partial charge in [0, 0.05) is 5.39 Å². The molecule has 9 nitrogen and oxygen atoms in total. The average Bonchev–Trinajstić information content (AvgIpc) is 2.57. The maximum Gasteiger partial charge on any atom is 0.296 e. The molecule has 8 N–H and O–H groups in total. The minimum absolute atomic E-state index is 0. The summed E-state index contributed by atoms with van der Waals surface area (Å²) in [6.07, 6.45) is 0. The summed E-state index contributed by atoms with van der Waals surface area (Å²) < 4.78 is 32.5. The van der Waals surface area contributed by atoms with Crippen LogP contribution in [0.15, 0.2) is 51.5 Å². The van der Waals surface area contributed by atoms with Crippen LogP contribution in [0.25, 0.3) is 10.8 Å². The number of aromatic hydroxyl groups is 1. The molecule has 0 atom stereocenters. The molecule has 0 aliphatic heterocycles. The van der Waals surface area contributed by atoms with Gasteiger partial charge in [0.15, 0.2) is 5.75 Å². The molecule has 3 aromatic carbocycles. The van der Waals surface area contributed by atoms with Gasteiger partial charge in [-0.1, -0.05) is 6.07 Å². The first-order valence-electron chi connectivity index (χ1n) is 7.89. The van der Waals surface area contributed by atoms with Gasteiger partial charge in [0.05, 0.1) is 11.4 Å². The zero-order valence-electron chi connectivity index (χ0n) is 15.1. The maximum absolute atomic E-state index is 11.6. The lowest BCUT2D eigenvalue weighted by Gasteiger charge is -2.10. The molecule has 0 aromatic heterocycles. The molecule has 0 saturated carbocycles. The van der Waals surface area contributed by atoms with Crippen LogP contribution in [0.1, 0.15) is 11.1 Å². The van der Waals surface area contributed by atoms with Crippen molar-refractivity contribution in [2.45, 2.75) is 18.7 Å². The second-order valence-corrected chi connectivity index (χ2v) is 7.63. The molecule has 3 rings (SSSR count). The molecule has 0 bridgehead atoms. The number of nitrogens with two attached hydrogens (primary N) is 2. The fraction of sp³-hybridized carbons (Fsp3) is 0.111. The Kier molecular flexibility index (Phi) is 5.59. The minimum atomic E-state index is -4.47. The lowest BCUT2D eigenvalue weighted by atomic mass is 10.0. The number of rotatable bonds is 3.